The van der Waals surface area contributed by atoms with Crippen LogP contribution in [0.25, 0.3) is 0 Å². The molecule has 0 saturated heterocycles. The quantitative estimate of drug-likeness (QED) is 0.581. The number of likely N-dealkylation sites (N-methyl/N-ethyl adjacent to an activating group) is 1. The van der Waals surface area contributed by atoms with Gasteiger partial charge in [-0.1, -0.05) is 12.8 Å². The number of aliphatic imine (C=N–C) groups is 1. The summed E-state index contributed by atoms with van der Waals surface area (Å²) in [7, 11) is 1.79. The molecule has 4 heteroatoms. The molecule has 0 radical (unpaired) electrons. The molecule has 0 aromatic carbocycles. The second-order valence-electron chi connectivity index (χ2n) is 4.56. The number of hydrogen-bond donors (Lipinski definition) is 1. The van der Waals surface area contributed by atoms with Gasteiger partial charge in [-0.15, -0.1) is 0 Å². The van der Waals surface area contributed by atoms with Gasteiger partial charge in [-0.2, -0.15) is 0 Å². The highest BCUT2D eigenvalue weighted by Crippen LogP contribution is 2.24. The summed E-state index contributed by atoms with van der Waals surface area (Å²) in [4.78, 5) is 17.8. The van der Waals surface area contributed by atoms with Gasteiger partial charge >= 0.3 is 0 Å². The fraction of sp³-hybridized carbons (Fsp3) is 0.833. The summed E-state index contributed by atoms with van der Waals surface area (Å²) in [5, 5.41) is 0. The number of nitrogens with zero attached hydrogens (tertiary/aromatic N) is 2. The fourth-order valence-electron chi connectivity index (χ4n) is 2.08. The Balaban J connectivity index is 2.56. The molecule has 92 valence electrons. The van der Waals surface area contributed by atoms with E-state index in [9.17, 15) is 4.79 Å². The Morgan fingerprint density at radius 3 is 2.56 bits per heavy atom. The monoisotopic (exact) mass is 225 g/mol. The van der Waals surface area contributed by atoms with Crippen LogP contribution in [0.5, 0.6) is 0 Å². The van der Waals surface area contributed by atoms with Crippen LogP contribution in [-0.4, -0.2) is 36.3 Å². The minimum atomic E-state index is -0.342. The first kappa shape index (κ1) is 13.0. The maximum Gasteiger partial charge on any atom is 0.246 e. The number of rotatable bonds is 4. The predicted octanol–water partition coefficient (Wildman–Crippen LogP) is 1.40. The molecule has 16 heavy (non-hydrogen) atoms. The Labute approximate surface area is 97.9 Å². The summed E-state index contributed by atoms with van der Waals surface area (Å²) < 4.78 is 0. The first-order chi connectivity index (χ1) is 7.56. The van der Waals surface area contributed by atoms with Gasteiger partial charge in [0.15, 0.2) is 0 Å². The molecule has 0 heterocycles. The summed E-state index contributed by atoms with van der Waals surface area (Å²) >= 11 is 0. The molecule has 1 unspecified atom stereocenters. The van der Waals surface area contributed by atoms with Gasteiger partial charge in [0.25, 0.3) is 0 Å². The smallest absolute Gasteiger partial charge is 0.246 e. The summed E-state index contributed by atoms with van der Waals surface area (Å²) in [6.07, 6.45) is 4.72. The lowest BCUT2D eigenvalue weighted by Crippen LogP contribution is -2.35. The number of amidine groups is 1. The van der Waals surface area contributed by atoms with E-state index in [1.54, 1.807) is 11.9 Å². The SMILES string of the molecule is CCN(C)C(=O)C(C)N=C(N)C1CCCC1. The molecule has 1 amide bonds. The molecule has 1 fully saturated rings. The predicted molar refractivity (Wildman–Crippen MR) is 66.4 cm³/mol. The zero-order valence-electron chi connectivity index (χ0n) is 10.6. The highest BCUT2D eigenvalue weighted by Gasteiger charge is 2.21. The van der Waals surface area contributed by atoms with E-state index in [1.807, 2.05) is 13.8 Å². The number of hydrogen-bond acceptors (Lipinski definition) is 2. The second-order valence-corrected chi connectivity index (χ2v) is 4.56. The van der Waals surface area contributed by atoms with Crippen molar-refractivity contribution < 1.29 is 4.79 Å². The van der Waals surface area contributed by atoms with E-state index in [2.05, 4.69) is 4.99 Å². The molecule has 1 atom stereocenters. The molecule has 0 bridgehead atoms. The van der Waals surface area contributed by atoms with E-state index in [-0.39, 0.29) is 11.9 Å². The number of carbonyl (C=O) groups excluding carboxylic acids is 1. The highest BCUT2D eigenvalue weighted by molar-refractivity contribution is 5.88. The lowest BCUT2D eigenvalue weighted by Gasteiger charge is -2.18. The molecule has 0 spiro atoms. The molecule has 0 aromatic rings. The van der Waals surface area contributed by atoms with Gasteiger partial charge in [0.1, 0.15) is 6.04 Å². The molecule has 0 aliphatic heterocycles. The van der Waals surface area contributed by atoms with Crippen molar-refractivity contribution in [2.45, 2.75) is 45.6 Å². The van der Waals surface area contributed by atoms with E-state index < -0.39 is 0 Å². The van der Waals surface area contributed by atoms with Gasteiger partial charge in [0, 0.05) is 19.5 Å². The molecule has 1 aliphatic rings. The third-order valence-electron chi connectivity index (χ3n) is 3.32. The van der Waals surface area contributed by atoms with E-state index >= 15 is 0 Å². The van der Waals surface area contributed by atoms with E-state index in [0.29, 0.717) is 18.3 Å². The van der Waals surface area contributed by atoms with Gasteiger partial charge in [-0.05, 0) is 26.7 Å². The van der Waals surface area contributed by atoms with E-state index in [4.69, 9.17) is 5.73 Å². The first-order valence-corrected chi connectivity index (χ1v) is 6.14. The van der Waals surface area contributed by atoms with Crippen LogP contribution in [0, 0.1) is 5.92 Å². The molecular weight excluding hydrogens is 202 g/mol. The zero-order valence-corrected chi connectivity index (χ0v) is 10.6. The average Bonchev–Trinajstić information content (AvgIpc) is 2.80. The van der Waals surface area contributed by atoms with E-state index in [0.717, 1.165) is 12.8 Å². The Morgan fingerprint density at radius 2 is 2.06 bits per heavy atom. The van der Waals surface area contributed by atoms with Crippen molar-refractivity contribution in [3.8, 4) is 0 Å². The third kappa shape index (κ3) is 3.22. The largest absolute Gasteiger partial charge is 0.387 e. The van der Waals surface area contributed by atoms with Gasteiger partial charge in [-0.3, -0.25) is 9.79 Å². The van der Waals surface area contributed by atoms with Crippen LogP contribution in [0.4, 0.5) is 0 Å². The van der Waals surface area contributed by atoms with Gasteiger partial charge in [-0.25, -0.2) is 0 Å². The van der Waals surface area contributed by atoms with Crippen LogP contribution in [0.1, 0.15) is 39.5 Å². The zero-order chi connectivity index (χ0) is 12.1. The van der Waals surface area contributed by atoms with Crippen molar-refractivity contribution in [2.24, 2.45) is 16.6 Å². The van der Waals surface area contributed by atoms with Crippen LogP contribution < -0.4 is 5.73 Å². The Bertz CT molecular complexity index is 269. The van der Waals surface area contributed by atoms with Crippen molar-refractivity contribution in [1.29, 1.82) is 0 Å². The molecule has 4 nitrogen and oxygen atoms in total. The minimum absolute atomic E-state index is 0.0449. The molecule has 2 N–H and O–H groups in total. The van der Waals surface area contributed by atoms with Crippen molar-refractivity contribution in [2.75, 3.05) is 13.6 Å². The van der Waals surface area contributed by atoms with Gasteiger partial charge < -0.3 is 10.6 Å². The average molecular weight is 225 g/mol. The van der Waals surface area contributed by atoms with E-state index in [1.165, 1.54) is 12.8 Å². The third-order valence-corrected chi connectivity index (χ3v) is 3.32. The van der Waals surface area contributed by atoms with Crippen molar-refractivity contribution in [3.05, 3.63) is 0 Å². The molecular formula is C12H23N3O. The molecule has 0 aromatic heterocycles. The summed E-state index contributed by atoms with van der Waals surface area (Å²) in [6.45, 7) is 4.48. The topological polar surface area (TPSA) is 58.7 Å². The maximum atomic E-state index is 11.8. The van der Waals surface area contributed by atoms with Crippen molar-refractivity contribution in [3.63, 3.8) is 0 Å². The molecule has 1 rings (SSSR count). The Kier molecular flexibility index (Phi) is 4.77. The molecule has 1 aliphatic carbocycles. The summed E-state index contributed by atoms with van der Waals surface area (Å²) in [6, 6.07) is -0.342. The van der Waals surface area contributed by atoms with Crippen LogP contribution >= 0.6 is 0 Å². The van der Waals surface area contributed by atoms with Crippen molar-refractivity contribution in [1.82, 2.24) is 4.90 Å². The Hall–Kier alpha value is -1.06. The van der Waals surface area contributed by atoms with Gasteiger partial charge in [0.05, 0.1) is 5.84 Å². The normalized spacial score (nSPS) is 19.8. The second kappa shape index (κ2) is 5.87. The minimum Gasteiger partial charge on any atom is -0.387 e. The first-order valence-electron chi connectivity index (χ1n) is 6.14. The standard InChI is InChI=1S/C12H23N3O/c1-4-15(3)12(16)9(2)14-11(13)10-7-5-6-8-10/h9-10H,4-8H2,1-3H3,(H2,13,14). The Morgan fingerprint density at radius 1 is 1.50 bits per heavy atom. The van der Waals surface area contributed by atoms with Crippen LogP contribution in [0.2, 0.25) is 0 Å². The maximum absolute atomic E-state index is 11.8. The lowest BCUT2D eigenvalue weighted by molar-refractivity contribution is -0.130. The summed E-state index contributed by atoms with van der Waals surface area (Å²) in [5.41, 5.74) is 5.94. The fourth-order valence-corrected chi connectivity index (χ4v) is 2.08. The van der Waals surface area contributed by atoms with Crippen LogP contribution in [-0.2, 0) is 4.79 Å². The summed E-state index contributed by atoms with van der Waals surface area (Å²) in [5.74, 6) is 1.12. The lowest BCUT2D eigenvalue weighted by atomic mass is 10.1. The van der Waals surface area contributed by atoms with Crippen LogP contribution in [0.3, 0.4) is 0 Å². The number of carbonyl (C=O) groups is 1. The number of amides is 1. The molecule has 1 saturated carbocycles. The van der Waals surface area contributed by atoms with Crippen LogP contribution in [0.15, 0.2) is 4.99 Å². The van der Waals surface area contributed by atoms with Gasteiger partial charge in [0.2, 0.25) is 5.91 Å². The number of nitrogens with two attached hydrogens (primary N) is 1. The van der Waals surface area contributed by atoms with Crippen molar-refractivity contribution >= 4 is 11.7 Å². The highest BCUT2D eigenvalue weighted by atomic mass is 16.2.